The summed E-state index contributed by atoms with van der Waals surface area (Å²) in [4.78, 5) is 5.33. The minimum absolute atomic E-state index is 0.0688. The number of hydrogen-bond acceptors (Lipinski definition) is 4. The van der Waals surface area contributed by atoms with Crippen LogP contribution in [0.3, 0.4) is 0 Å². The van der Waals surface area contributed by atoms with Gasteiger partial charge in [0.15, 0.2) is 6.61 Å². The maximum atomic E-state index is 12.4. The molecule has 2 aromatic rings. The van der Waals surface area contributed by atoms with Crippen LogP contribution in [0.5, 0.6) is 5.75 Å². The summed E-state index contributed by atoms with van der Waals surface area (Å²) in [5, 5.41) is 3.31. The van der Waals surface area contributed by atoms with E-state index < -0.39 is 12.8 Å². The Labute approximate surface area is 137 Å². The van der Waals surface area contributed by atoms with Crippen LogP contribution in [0.25, 0.3) is 0 Å². The summed E-state index contributed by atoms with van der Waals surface area (Å²) < 4.78 is 42.1. The van der Waals surface area contributed by atoms with E-state index >= 15 is 0 Å². The van der Waals surface area contributed by atoms with Crippen molar-refractivity contribution in [3.63, 3.8) is 0 Å². The molecular formula is C16H19F3N2OS. The number of nitrogens with one attached hydrogen (secondary N) is 1. The Morgan fingerprint density at radius 2 is 2.04 bits per heavy atom. The first kappa shape index (κ1) is 17.7. The van der Waals surface area contributed by atoms with E-state index in [1.54, 1.807) is 29.0 Å². The van der Waals surface area contributed by atoms with Gasteiger partial charge in [-0.2, -0.15) is 13.2 Å². The zero-order chi connectivity index (χ0) is 17.0. The predicted molar refractivity (Wildman–Crippen MR) is 84.8 cm³/mol. The summed E-state index contributed by atoms with van der Waals surface area (Å²) in [6.07, 6.45) is -4.35. The summed E-state index contributed by atoms with van der Waals surface area (Å²) >= 11 is 1.56. The van der Waals surface area contributed by atoms with E-state index in [0.29, 0.717) is 12.1 Å². The quantitative estimate of drug-likeness (QED) is 0.835. The standard InChI is InChI=1S/C16H19F3N2OS/c1-10-4-5-13(14(6-10)22-8-16(17,18)19)7-20-11(2)15-12(3)21-9-23-15/h4-6,9,11,20H,7-8H2,1-3H3/t11-/m0/s1. The van der Waals surface area contributed by atoms with Crippen molar-refractivity contribution in [2.75, 3.05) is 6.61 Å². The fourth-order valence-electron chi connectivity index (χ4n) is 2.18. The van der Waals surface area contributed by atoms with Crippen LogP contribution >= 0.6 is 11.3 Å². The van der Waals surface area contributed by atoms with Gasteiger partial charge in [0, 0.05) is 23.0 Å². The molecule has 1 heterocycles. The number of aryl methyl sites for hydroxylation is 2. The largest absolute Gasteiger partial charge is 0.484 e. The van der Waals surface area contributed by atoms with Gasteiger partial charge in [-0.05, 0) is 32.4 Å². The fourth-order valence-corrected chi connectivity index (χ4v) is 3.02. The summed E-state index contributed by atoms with van der Waals surface area (Å²) in [5.41, 5.74) is 4.31. The minimum atomic E-state index is -4.35. The number of nitrogens with zero attached hydrogens (tertiary/aromatic N) is 1. The first-order valence-corrected chi connectivity index (χ1v) is 8.06. The molecule has 0 saturated heterocycles. The molecule has 3 nitrogen and oxygen atoms in total. The Bertz CT molecular complexity index is 655. The topological polar surface area (TPSA) is 34.2 Å². The molecule has 1 aromatic heterocycles. The molecule has 0 fully saturated rings. The van der Waals surface area contributed by atoms with Crippen LogP contribution < -0.4 is 10.1 Å². The lowest BCUT2D eigenvalue weighted by atomic mass is 10.1. The van der Waals surface area contributed by atoms with Crippen LogP contribution in [0.1, 0.15) is 34.7 Å². The first-order valence-electron chi connectivity index (χ1n) is 7.18. The van der Waals surface area contributed by atoms with Gasteiger partial charge in [-0.3, -0.25) is 0 Å². The van der Waals surface area contributed by atoms with E-state index in [1.807, 2.05) is 26.8 Å². The second kappa shape index (κ2) is 7.31. The van der Waals surface area contributed by atoms with E-state index in [4.69, 9.17) is 4.74 Å². The molecule has 1 aromatic carbocycles. The summed E-state index contributed by atoms with van der Waals surface area (Å²) in [6, 6.07) is 5.35. The molecule has 0 aliphatic heterocycles. The molecular weight excluding hydrogens is 325 g/mol. The maximum absolute atomic E-state index is 12.4. The number of thiazole rings is 1. The molecule has 0 saturated carbocycles. The third-order valence-corrected chi connectivity index (χ3v) is 4.50. The van der Waals surface area contributed by atoms with E-state index in [2.05, 4.69) is 10.3 Å². The second-order valence-electron chi connectivity index (χ2n) is 5.42. The van der Waals surface area contributed by atoms with Crippen molar-refractivity contribution in [1.82, 2.24) is 10.3 Å². The average molecular weight is 344 g/mol. The Morgan fingerprint density at radius 3 is 2.65 bits per heavy atom. The van der Waals surface area contributed by atoms with E-state index in [-0.39, 0.29) is 11.8 Å². The van der Waals surface area contributed by atoms with Crippen molar-refractivity contribution in [3.8, 4) is 5.75 Å². The van der Waals surface area contributed by atoms with Gasteiger partial charge < -0.3 is 10.1 Å². The minimum Gasteiger partial charge on any atom is -0.484 e. The SMILES string of the molecule is Cc1ccc(CN[C@@H](C)c2scnc2C)c(OCC(F)(F)F)c1. The number of halogens is 3. The molecule has 1 N–H and O–H groups in total. The van der Waals surface area contributed by atoms with Gasteiger partial charge >= 0.3 is 6.18 Å². The number of rotatable bonds is 6. The first-order chi connectivity index (χ1) is 10.8. The Kier molecular flexibility index (Phi) is 5.64. The van der Waals surface area contributed by atoms with E-state index in [1.165, 1.54) is 0 Å². The van der Waals surface area contributed by atoms with Gasteiger partial charge in [0.1, 0.15) is 5.75 Å². The predicted octanol–water partition coefficient (Wildman–Crippen LogP) is 4.55. The lowest BCUT2D eigenvalue weighted by Crippen LogP contribution is -2.21. The summed E-state index contributed by atoms with van der Waals surface area (Å²) in [6.45, 7) is 4.90. The van der Waals surface area contributed by atoms with Gasteiger partial charge in [0.2, 0.25) is 0 Å². The van der Waals surface area contributed by atoms with Crippen molar-refractivity contribution in [2.24, 2.45) is 0 Å². The van der Waals surface area contributed by atoms with E-state index in [9.17, 15) is 13.2 Å². The highest BCUT2D eigenvalue weighted by atomic mass is 32.1. The summed E-state index contributed by atoms with van der Waals surface area (Å²) in [7, 11) is 0. The van der Waals surface area contributed by atoms with Gasteiger partial charge in [0.25, 0.3) is 0 Å². The molecule has 0 aliphatic rings. The third-order valence-electron chi connectivity index (χ3n) is 3.39. The third kappa shape index (κ3) is 5.21. The van der Waals surface area contributed by atoms with Crippen LogP contribution in [0.4, 0.5) is 13.2 Å². The van der Waals surface area contributed by atoms with Crippen molar-refractivity contribution < 1.29 is 17.9 Å². The molecule has 0 unspecified atom stereocenters. The highest BCUT2D eigenvalue weighted by molar-refractivity contribution is 7.09. The zero-order valence-electron chi connectivity index (χ0n) is 13.2. The van der Waals surface area contributed by atoms with Gasteiger partial charge in [0.05, 0.1) is 11.2 Å². The molecule has 0 spiro atoms. The lowest BCUT2D eigenvalue weighted by molar-refractivity contribution is -0.153. The van der Waals surface area contributed by atoms with Gasteiger partial charge in [-0.25, -0.2) is 4.98 Å². The molecule has 0 radical (unpaired) electrons. The molecule has 23 heavy (non-hydrogen) atoms. The monoisotopic (exact) mass is 344 g/mol. The molecule has 0 amide bonds. The van der Waals surface area contributed by atoms with Crippen LogP contribution in [0.15, 0.2) is 23.7 Å². The molecule has 1 atom stereocenters. The van der Waals surface area contributed by atoms with Gasteiger partial charge in [-0.15, -0.1) is 11.3 Å². The van der Waals surface area contributed by atoms with Crippen LogP contribution in [0.2, 0.25) is 0 Å². The normalized spacial score (nSPS) is 13.1. The van der Waals surface area contributed by atoms with Crippen molar-refractivity contribution in [3.05, 3.63) is 45.4 Å². The molecule has 2 rings (SSSR count). The highest BCUT2D eigenvalue weighted by Gasteiger charge is 2.28. The Hall–Kier alpha value is -1.60. The molecule has 0 aliphatic carbocycles. The Balaban J connectivity index is 2.05. The molecule has 0 bridgehead atoms. The molecule has 7 heteroatoms. The fraction of sp³-hybridized carbons (Fsp3) is 0.438. The van der Waals surface area contributed by atoms with Crippen molar-refractivity contribution in [2.45, 2.75) is 39.5 Å². The van der Waals surface area contributed by atoms with Crippen LogP contribution in [0, 0.1) is 13.8 Å². The number of alkyl halides is 3. The number of hydrogen-bond donors (Lipinski definition) is 1. The van der Waals surface area contributed by atoms with E-state index in [0.717, 1.165) is 16.1 Å². The smallest absolute Gasteiger partial charge is 0.422 e. The Morgan fingerprint density at radius 1 is 1.30 bits per heavy atom. The zero-order valence-corrected chi connectivity index (χ0v) is 14.0. The molecule has 126 valence electrons. The highest BCUT2D eigenvalue weighted by Crippen LogP contribution is 2.26. The average Bonchev–Trinajstić information content (AvgIpc) is 2.89. The van der Waals surface area contributed by atoms with Crippen LogP contribution in [-0.4, -0.2) is 17.8 Å². The number of ether oxygens (including phenoxy) is 1. The van der Waals surface area contributed by atoms with Crippen molar-refractivity contribution in [1.29, 1.82) is 0 Å². The maximum Gasteiger partial charge on any atom is 0.422 e. The second-order valence-corrected chi connectivity index (χ2v) is 6.31. The van der Waals surface area contributed by atoms with Gasteiger partial charge in [-0.1, -0.05) is 12.1 Å². The number of aromatic nitrogens is 1. The van der Waals surface area contributed by atoms with Crippen molar-refractivity contribution >= 4 is 11.3 Å². The van der Waals surface area contributed by atoms with Crippen LogP contribution in [-0.2, 0) is 6.54 Å². The lowest BCUT2D eigenvalue weighted by Gasteiger charge is -2.17. The summed E-state index contributed by atoms with van der Waals surface area (Å²) in [5.74, 6) is 0.267. The number of benzene rings is 1.